The van der Waals surface area contributed by atoms with Gasteiger partial charge in [-0.15, -0.1) is 0 Å². The lowest BCUT2D eigenvalue weighted by Gasteiger charge is -2.29. The van der Waals surface area contributed by atoms with E-state index in [1.807, 2.05) is 20.8 Å². The Labute approximate surface area is 109 Å². The highest BCUT2D eigenvalue weighted by atomic mass is 16.3. The van der Waals surface area contributed by atoms with E-state index >= 15 is 0 Å². The fourth-order valence-corrected chi connectivity index (χ4v) is 1.79. The van der Waals surface area contributed by atoms with Crippen molar-refractivity contribution in [2.75, 3.05) is 23.8 Å². The Hall–Kier alpha value is -1.36. The molecular weight excluding hydrogens is 228 g/mol. The van der Waals surface area contributed by atoms with Gasteiger partial charge in [-0.05, 0) is 20.8 Å². The van der Waals surface area contributed by atoms with Crippen LogP contribution in [-0.2, 0) is 0 Å². The Balaban J connectivity index is 3.27. The van der Waals surface area contributed by atoms with Crippen LogP contribution in [0.15, 0.2) is 0 Å². The Kier molecular flexibility index (Phi) is 4.90. The van der Waals surface area contributed by atoms with Gasteiger partial charge in [-0.25, -0.2) is 9.97 Å². The Morgan fingerprint density at radius 1 is 1.22 bits per heavy atom. The molecule has 0 unspecified atom stereocenters. The molecule has 0 aliphatic rings. The van der Waals surface area contributed by atoms with Gasteiger partial charge in [0.15, 0.2) is 0 Å². The molecular formula is C13H24N4O. The first kappa shape index (κ1) is 14.7. The molecule has 0 aliphatic heterocycles. The maximum Gasteiger partial charge on any atom is 0.137 e. The van der Waals surface area contributed by atoms with Crippen LogP contribution in [0.5, 0.6) is 0 Å². The number of nitrogens with two attached hydrogens (primary N) is 1. The zero-order chi connectivity index (χ0) is 13.9. The number of nitrogens with zero attached hydrogens (tertiary/aromatic N) is 3. The zero-order valence-electron chi connectivity index (χ0n) is 11.9. The topological polar surface area (TPSA) is 75.3 Å². The van der Waals surface area contributed by atoms with E-state index in [1.54, 1.807) is 0 Å². The number of aliphatic hydroxyl groups excluding tert-OH is 1. The second-order valence-corrected chi connectivity index (χ2v) is 5.08. The molecule has 0 spiro atoms. The van der Waals surface area contributed by atoms with Crippen LogP contribution < -0.4 is 10.6 Å². The lowest BCUT2D eigenvalue weighted by molar-refractivity contribution is 0.298. The van der Waals surface area contributed by atoms with E-state index < -0.39 is 0 Å². The molecule has 5 heteroatoms. The number of aromatic nitrogens is 2. The number of rotatable bonds is 5. The maximum atomic E-state index is 9.17. The first-order valence-electron chi connectivity index (χ1n) is 6.40. The summed E-state index contributed by atoms with van der Waals surface area (Å²) in [6, 6.07) is 0.255. The quantitative estimate of drug-likeness (QED) is 0.834. The van der Waals surface area contributed by atoms with Gasteiger partial charge in [0, 0.05) is 24.1 Å². The highest BCUT2D eigenvalue weighted by Crippen LogP contribution is 2.25. The third kappa shape index (κ3) is 3.10. The molecule has 0 fully saturated rings. The van der Waals surface area contributed by atoms with Crippen LogP contribution >= 0.6 is 0 Å². The van der Waals surface area contributed by atoms with Gasteiger partial charge in [0.2, 0.25) is 0 Å². The molecule has 0 atom stereocenters. The Bertz CT molecular complexity index is 404. The number of hydrogen-bond donors (Lipinski definition) is 2. The van der Waals surface area contributed by atoms with Gasteiger partial charge in [-0.3, -0.25) is 0 Å². The third-order valence-electron chi connectivity index (χ3n) is 2.93. The van der Waals surface area contributed by atoms with E-state index in [4.69, 9.17) is 10.8 Å². The summed E-state index contributed by atoms with van der Waals surface area (Å²) in [5.74, 6) is 2.33. The highest BCUT2D eigenvalue weighted by molar-refractivity contribution is 5.57. The molecule has 102 valence electrons. The molecule has 0 aromatic carbocycles. The van der Waals surface area contributed by atoms with Crippen LogP contribution in [0.1, 0.15) is 45.0 Å². The predicted molar refractivity (Wildman–Crippen MR) is 74.8 cm³/mol. The second-order valence-electron chi connectivity index (χ2n) is 5.08. The van der Waals surface area contributed by atoms with Crippen molar-refractivity contribution in [3.05, 3.63) is 11.4 Å². The summed E-state index contributed by atoms with van der Waals surface area (Å²) in [7, 11) is 0. The predicted octanol–water partition coefficient (Wildman–Crippen LogP) is 1.70. The SMILES string of the molecule is Cc1c(N)nc(C(C)C)nc1N(CCO)C(C)C. The van der Waals surface area contributed by atoms with Crippen molar-refractivity contribution in [3.63, 3.8) is 0 Å². The number of aliphatic hydroxyl groups is 1. The summed E-state index contributed by atoms with van der Waals surface area (Å²) < 4.78 is 0. The molecule has 1 aromatic rings. The third-order valence-corrected chi connectivity index (χ3v) is 2.93. The average molecular weight is 252 g/mol. The molecule has 0 aliphatic carbocycles. The van der Waals surface area contributed by atoms with Crippen molar-refractivity contribution in [3.8, 4) is 0 Å². The average Bonchev–Trinajstić information content (AvgIpc) is 2.29. The number of anilines is 2. The minimum absolute atomic E-state index is 0.0958. The van der Waals surface area contributed by atoms with E-state index in [1.165, 1.54) is 0 Å². The van der Waals surface area contributed by atoms with Gasteiger partial charge >= 0.3 is 0 Å². The first-order valence-corrected chi connectivity index (χ1v) is 6.40. The van der Waals surface area contributed by atoms with Gasteiger partial charge in [-0.2, -0.15) is 0 Å². The molecule has 1 rings (SSSR count). The van der Waals surface area contributed by atoms with Gasteiger partial charge in [0.1, 0.15) is 17.5 Å². The lowest BCUT2D eigenvalue weighted by atomic mass is 10.2. The summed E-state index contributed by atoms with van der Waals surface area (Å²) in [5, 5.41) is 9.17. The van der Waals surface area contributed by atoms with Crippen LogP contribution in [0, 0.1) is 6.92 Å². The van der Waals surface area contributed by atoms with Crippen LogP contribution in [0.4, 0.5) is 11.6 Å². The zero-order valence-corrected chi connectivity index (χ0v) is 11.9. The Morgan fingerprint density at radius 2 is 1.83 bits per heavy atom. The lowest BCUT2D eigenvalue weighted by Crippen LogP contribution is -2.35. The monoisotopic (exact) mass is 252 g/mol. The first-order chi connectivity index (χ1) is 8.38. The van der Waals surface area contributed by atoms with Gasteiger partial charge in [-0.1, -0.05) is 13.8 Å². The molecule has 0 radical (unpaired) electrons. The van der Waals surface area contributed by atoms with Gasteiger partial charge in [0.05, 0.1) is 6.61 Å². The molecule has 18 heavy (non-hydrogen) atoms. The van der Waals surface area contributed by atoms with Crippen molar-refractivity contribution in [1.82, 2.24) is 9.97 Å². The minimum atomic E-state index is 0.0958. The molecule has 1 aromatic heterocycles. The maximum absolute atomic E-state index is 9.17. The van der Waals surface area contributed by atoms with Crippen molar-refractivity contribution in [2.24, 2.45) is 0 Å². The molecule has 5 nitrogen and oxygen atoms in total. The summed E-state index contributed by atoms with van der Waals surface area (Å²) in [6.45, 7) is 10.8. The van der Waals surface area contributed by atoms with Crippen molar-refractivity contribution < 1.29 is 5.11 Å². The number of nitrogen functional groups attached to an aromatic ring is 1. The van der Waals surface area contributed by atoms with E-state index in [0.717, 1.165) is 17.2 Å². The largest absolute Gasteiger partial charge is 0.395 e. The number of hydrogen-bond acceptors (Lipinski definition) is 5. The smallest absolute Gasteiger partial charge is 0.137 e. The van der Waals surface area contributed by atoms with Crippen LogP contribution in [0.2, 0.25) is 0 Å². The van der Waals surface area contributed by atoms with Crippen LogP contribution in [0.3, 0.4) is 0 Å². The van der Waals surface area contributed by atoms with E-state index in [-0.39, 0.29) is 18.6 Å². The summed E-state index contributed by atoms with van der Waals surface area (Å²) in [6.07, 6.45) is 0. The van der Waals surface area contributed by atoms with Crippen LogP contribution in [0.25, 0.3) is 0 Å². The minimum Gasteiger partial charge on any atom is -0.395 e. The normalized spacial score (nSPS) is 11.3. The van der Waals surface area contributed by atoms with Crippen molar-refractivity contribution in [2.45, 2.75) is 46.6 Å². The molecule has 0 bridgehead atoms. The summed E-state index contributed by atoms with van der Waals surface area (Å²) >= 11 is 0. The van der Waals surface area contributed by atoms with Crippen molar-refractivity contribution in [1.29, 1.82) is 0 Å². The molecule has 0 saturated heterocycles. The summed E-state index contributed by atoms with van der Waals surface area (Å²) in [4.78, 5) is 11.0. The molecule has 1 heterocycles. The second kappa shape index (κ2) is 6.00. The van der Waals surface area contributed by atoms with Gasteiger partial charge < -0.3 is 15.7 Å². The van der Waals surface area contributed by atoms with Gasteiger partial charge in [0.25, 0.3) is 0 Å². The van der Waals surface area contributed by atoms with Crippen molar-refractivity contribution >= 4 is 11.6 Å². The van der Waals surface area contributed by atoms with Crippen LogP contribution in [-0.4, -0.2) is 34.3 Å². The molecule has 0 saturated carbocycles. The Morgan fingerprint density at radius 3 is 2.28 bits per heavy atom. The molecule has 3 N–H and O–H groups in total. The van der Waals surface area contributed by atoms with E-state index in [0.29, 0.717) is 12.4 Å². The molecule has 0 amide bonds. The fraction of sp³-hybridized carbons (Fsp3) is 0.692. The fourth-order valence-electron chi connectivity index (χ4n) is 1.79. The van der Waals surface area contributed by atoms with E-state index in [9.17, 15) is 0 Å². The standard InChI is InChI=1S/C13H24N4O/c1-8(2)12-15-11(14)10(5)13(16-12)17(6-7-18)9(3)4/h8-9,18H,6-7H2,1-5H3,(H2,14,15,16). The highest BCUT2D eigenvalue weighted by Gasteiger charge is 2.18. The van der Waals surface area contributed by atoms with E-state index in [2.05, 4.69) is 28.7 Å². The summed E-state index contributed by atoms with van der Waals surface area (Å²) in [5.41, 5.74) is 6.83.